The van der Waals surface area contributed by atoms with Crippen LogP contribution in [0.4, 0.5) is 5.69 Å². The Labute approximate surface area is 147 Å². The number of benzene rings is 1. The van der Waals surface area contributed by atoms with Crippen molar-refractivity contribution in [1.82, 2.24) is 10.2 Å². The van der Waals surface area contributed by atoms with Gasteiger partial charge < -0.3 is 10.2 Å². The molecule has 1 N–H and O–H groups in total. The van der Waals surface area contributed by atoms with Gasteiger partial charge in [-0.2, -0.15) is 0 Å². The summed E-state index contributed by atoms with van der Waals surface area (Å²) in [6.45, 7) is 0.537. The number of halogens is 1. The van der Waals surface area contributed by atoms with E-state index in [4.69, 9.17) is 11.6 Å². The topological polar surface area (TPSA) is 75.5 Å². The van der Waals surface area contributed by atoms with Gasteiger partial charge in [0, 0.05) is 23.7 Å². The number of nitro benzene ring substituents is 1. The van der Waals surface area contributed by atoms with Crippen LogP contribution in [0, 0.1) is 10.1 Å². The summed E-state index contributed by atoms with van der Waals surface area (Å²) >= 11 is 5.80. The summed E-state index contributed by atoms with van der Waals surface area (Å²) in [5.74, 6) is -0.305. The smallest absolute Gasteiger partial charge is 0.288 e. The van der Waals surface area contributed by atoms with E-state index in [2.05, 4.69) is 10.2 Å². The van der Waals surface area contributed by atoms with Gasteiger partial charge in [0.1, 0.15) is 5.02 Å². The molecule has 0 spiro atoms. The van der Waals surface area contributed by atoms with Crippen LogP contribution in [0.25, 0.3) is 0 Å². The second-order valence-corrected chi connectivity index (χ2v) is 7.05. The van der Waals surface area contributed by atoms with Crippen LogP contribution in [0.1, 0.15) is 48.9 Å². The first kappa shape index (κ1) is 18.7. The zero-order valence-electron chi connectivity index (χ0n) is 14.2. The number of carbonyl (C=O) groups excluding carboxylic acids is 1. The second kappa shape index (κ2) is 7.94. The lowest BCUT2D eigenvalue weighted by atomic mass is 9.88. The number of amides is 1. The van der Waals surface area contributed by atoms with E-state index in [9.17, 15) is 14.9 Å². The van der Waals surface area contributed by atoms with Crippen LogP contribution >= 0.6 is 11.6 Å². The molecule has 24 heavy (non-hydrogen) atoms. The third-order valence-electron chi connectivity index (χ3n) is 4.97. The van der Waals surface area contributed by atoms with E-state index in [-0.39, 0.29) is 27.7 Å². The van der Waals surface area contributed by atoms with Crippen molar-refractivity contribution in [3.8, 4) is 0 Å². The van der Waals surface area contributed by atoms with E-state index >= 15 is 0 Å². The van der Waals surface area contributed by atoms with Crippen molar-refractivity contribution >= 4 is 23.2 Å². The first-order chi connectivity index (χ1) is 11.4. The van der Waals surface area contributed by atoms with Gasteiger partial charge in [0.05, 0.1) is 4.92 Å². The zero-order valence-corrected chi connectivity index (χ0v) is 14.9. The molecular formula is C17H24ClN3O3. The van der Waals surface area contributed by atoms with Crippen molar-refractivity contribution in [2.75, 3.05) is 20.6 Å². The van der Waals surface area contributed by atoms with Gasteiger partial charge in [0.15, 0.2) is 0 Å². The van der Waals surface area contributed by atoms with Gasteiger partial charge in [-0.15, -0.1) is 0 Å². The van der Waals surface area contributed by atoms with E-state index < -0.39 is 4.92 Å². The predicted molar refractivity (Wildman–Crippen MR) is 94.6 cm³/mol. The van der Waals surface area contributed by atoms with Crippen molar-refractivity contribution in [3.63, 3.8) is 0 Å². The summed E-state index contributed by atoms with van der Waals surface area (Å²) in [6, 6.07) is 4.13. The van der Waals surface area contributed by atoms with Gasteiger partial charge in [-0.1, -0.05) is 37.3 Å². The lowest BCUT2D eigenvalue weighted by Crippen LogP contribution is -2.52. The molecule has 0 radical (unpaired) electrons. The van der Waals surface area contributed by atoms with E-state index in [1.54, 1.807) is 0 Å². The average molecular weight is 354 g/mol. The Kier molecular flexibility index (Phi) is 6.18. The number of hydrogen-bond acceptors (Lipinski definition) is 4. The largest absolute Gasteiger partial charge is 0.350 e. The molecule has 7 heteroatoms. The third-order valence-corrected chi connectivity index (χ3v) is 5.29. The summed E-state index contributed by atoms with van der Waals surface area (Å²) in [5, 5.41) is 14.0. The highest BCUT2D eigenvalue weighted by Gasteiger charge is 2.33. The number of carbonyl (C=O) groups is 1. The molecule has 1 aliphatic carbocycles. The Hall–Kier alpha value is -1.66. The zero-order chi connectivity index (χ0) is 17.7. The molecule has 0 aromatic heterocycles. The number of nitrogens with one attached hydrogen (secondary N) is 1. The maximum atomic E-state index is 12.4. The first-order valence-corrected chi connectivity index (χ1v) is 8.63. The van der Waals surface area contributed by atoms with Crippen LogP contribution in [0.3, 0.4) is 0 Å². The summed E-state index contributed by atoms with van der Waals surface area (Å²) in [4.78, 5) is 25.0. The Morgan fingerprint density at radius 2 is 1.92 bits per heavy atom. The standard InChI is InChI=1S/C17H24ClN3O3/c1-20(2)17(9-5-3-4-6-10-17)12-19-16(22)13-7-8-14(18)15(11-13)21(23)24/h7-8,11H,3-6,9-10,12H2,1-2H3,(H,19,22). The molecule has 1 amide bonds. The monoisotopic (exact) mass is 353 g/mol. The average Bonchev–Trinajstić information content (AvgIpc) is 2.79. The van der Waals surface area contributed by atoms with Crippen LogP contribution in [0.2, 0.25) is 5.02 Å². The van der Waals surface area contributed by atoms with E-state index in [1.165, 1.54) is 31.0 Å². The highest BCUT2D eigenvalue weighted by Crippen LogP contribution is 2.31. The molecule has 1 saturated carbocycles. The van der Waals surface area contributed by atoms with Crippen LogP contribution in [-0.4, -0.2) is 41.9 Å². The highest BCUT2D eigenvalue weighted by molar-refractivity contribution is 6.32. The number of rotatable bonds is 5. The molecule has 0 heterocycles. The quantitative estimate of drug-likeness (QED) is 0.498. The summed E-state index contributed by atoms with van der Waals surface area (Å²) in [5.41, 5.74) is -0.0421. The number of hydrogen-bond donors (Lipinski definition) is 1. The van der Waals surface area contributed by atoms with Gasteiger partial charge >= 0.3 is 0 Å². The van der Waals surface area contributed by atoms with Crippen LogP contribution in [0.5, 0.6) is 0 Å². The molecule has 0 atom stereocenters. The van der Waals surface area contributed by atoms with Gasteiger partial charge in [0.25, 0.3) is 11.6 Å². The lowest BCUT2D eigenvalue weighted by molar-refractivity contribution is -0.384. The fraction of sp³-hybridized carbons (Fsp3) is 0.588. The number of likely N-dealkylation sites (N-methyl/N-ethyl adjacent to an activating group) is 1. The third kappa shape index (κ3) is 4.24. The van der Waals surface area contributed by atoms with Crippen molar-refractivity contribution in [2.24, 2.45) is 0 Å². The summed E-state index contributed by atoms with van der Waals surface area (Å²) in [7, 11) is 4.09. The predicted octanol–water partition coefficient (Wildman–Crippen LogP) is 3.63. The number of nitrogens with zero attached hydrogens (tertiary/aromatic N) is 2. The van der Waals surface area contributed by atoms with Gasteiger partial charge in [0.2, 0.25) is 0 Å². The molecule has 132 valence electrons. The molecule has 1 aliphatic rings. The minimum Gasteiger partial charge on any atom is -0.350 e. The normalized spacial score (nSPS) is 17.3. The van der Waals surface area contributed by atoms with Gasteiger partial charge in [-0.05, 0) is 39.1 Å². The van der Waals surface area contributed by atoms with Crippen LogP contribution in [0.15, 0.2) is 18.2 Å². The molecule has 0 saturated heterocycles. The Morgan fingerprint density at radius 3 is 2.46 bits per heavy atom. The van der Waals surface area contributed by atoms with Gasteiger partial charge in [-0.25, -0.2) is 0 Å². The fourth-order valence-corrected chi connectivity index (χ4v) is 3.50. The Bertz CT molecular complexity index is 611. The molecule has 2 rings (SSSR count). The van der Waals surface area contributed by atoms with Crippen molar-refractivity contribution in [1.29, 1.82) is 0 Å². The molecule has 1 aromatic carbocycles. The van der Waals surface area contributed by atoms with E-state index in [1.807, 2.05) is 14.1 Å². The SMILES string of the molecule is CN(C)C1(CNC(=O)c2ccc(Cl)c([N+](=O)[O-])c2)CCCCCC1. The molecule has 0 aliphatic heterocycles. The maximum absolute atomic E-state index is 12.4. The van der Waals surface area contributed by atoms with Crippen molar-refractivity contribution < 1.29 is 9.72 Å². The highest BCUT2D eigenvalue weighted by atomic mass is 35.5. The van der Waals surface area contributed by atoms with E-state index in [0.717, 1.165) is 25.7 Å². The molecule has 0 bridgehead atoms. The van der Waals surface area contributed by atoms with Crippen molar-refractivity contribution in [2.45, 2.75) is 44.1 Å². The maximum Gasteiger partial charge on any atom is 0.288 e. The van der Waals surface area contributed by atoms with Crippen molar-refractivity contribution in [3.05, 3.63) is 38.9 Å². The Balaban J connectivity index is 2.11. The molecule has 0 unspecified atom stereocenters. The number of nitro groups is 1. The molecule has 1 fully saturated rings. The molecule has 6 nitrogen and oxygen atoms in total. The lowest BCUT2D eigenvalue weighted by Gasteiger charge is -2.39. The van der Waals surface area contributed by atoms with Crippen LogP contribution in [-0.2, 0) is 0 Å². The molecular weight excluding hydrogens is 330 g/mol. The summed E-state index contributed by atoms with van der Waals surface area (Å²) in [6.07, 6.45) is 6.85. The molecule has 1 aromatic rings. The van der Waals surface area contributed by atoms with Gasteiger partial charge in [-0.3, -0.25) is 14.9 Å². The minimum atomic E-state index is -0.578. The summed E-state index contributed by atoms with van der Waals surface area (Å²) < 4.78 is 0. The minimum absolute atomic E-state index is 0.0325. The second-order valence-electron chi connectivity index (χ2n) is 6.64. The van der Waals surface area contributed by atoms with Crippen LogP contribution < -0.4 is 5.32 Å². The Morgan fingerprint density at radius 1 is 1.29 bits per heavy atom. The van der Waals surface area contributed by atoms with E-state index in [0.29, 0.717) is 6.54 Å². The fourth-order valence-electron chi connectivity index (χ4n) is 3.31. The first-order valence-electron chi connectivity index (χ1n) is 8.25.